The van der Waals surface area contributed by atoms with E-state index in [2.05, 4.69) is 23.7 Å². The van der Waals surface area contributed by atoms with Crippen LogP contribution in [0.1, 0.15) is 23.6 Å². The highest BCUT2D eigenvalue weighted by molar-refractivity contribution is 8.13. The number of carbonyl (C=O) groups excluding carboxylic acids is 1. The van der Waals surface area contributed by atoms with E-state index in [1.165, 1.54) is 11.8 Å². The summed E-state index contributed by atoms with van der Waals surface area (Å²) in [4.78, 5) is 12.1. The lowest BCUT2D eigenvalue weighted by Crippen LogP contribution is -1.95. The Morgan fingerprint density at radius 3 is 1.90 bits per heavy atom. The highest BCUT2D eigenvalue weighted by Gasteiger charge is 2.15. The highest BCUT2D eigenvalue weighted by atomic mass is 32.2. The fourth-order valence-corrected chi connectivity index (χ4v) is 3.21. The maximum Gasteiger partial charge on any atom is 0.190 e. The average Bonchev–Trinajstić information content (AvgIpc) is 3.24. The van der Waals surface area contributed by atoms with Crippen molar-refractivity contribution in [1.82, 2.24) is 0 Å². The van der Waals surface area contributed by atoms with Gasteiger partial charge in [0, 0.05) is 29.5 Å². The highest BCUT2D eigenvalue weighted by Crippen LogP contribution is 2.29. The maximum atomic E-state index is 11.2. The molecule has 143 valence electrons. The second-order valence-corrected chi connectivity index (χ2v) is 7.29. The molecule has 0 heterocycles. The van der Waals surface area contributed by atoms with E-state index in [9.17, 15) is 4.79 Å². The standard InChI is InChI=1S/C25H19O3S/c1-18(26)29-23-14-10-20(11-15-23)9-13-22-17-24(27-2)21(16-25(22)28-3)12-8-19-6-4-5-7-19/h4-7,10-11,14-17H,1-3H3. The normalized spacial score (nSPS) is 13.1. The molecule has 29 heavy (non-hydrogen) atoms. The first-order valence-electron chi connectivity index (χ1n) is 8.89. The van der Waals surface area contributed by atoms with Crippen LogP contribution in [0, 0.1) is 55.3 Å². The molecule has 3 nitrogen and oxygen atoms in total. The number of thioether (sulfide) groups is 1. The summed E-state index contributed by atoms with van der Waals surface area (Å²) >= 11 is 1.20. The monoisotopic (exact) mass is 399 g/mol. The average molecular weight is 399 g/mol. The van der Waals surface area contributed by atoms with Crippen molar-refractivity contribution in [2.24, 2.45) is 0 Å². The lowest BCUT2D eigenvalue weighted by atomic mass is 10.1. The van der Waals surface area contributed by atoms with Crippen molar-refractivity contribution >= 4 is 16.9 Å². The van der Waals surface area contributed by atoms with E-state index in [0.29, 0.717) is 17.1 Å². The maximum absolute atomic E-state index is 11.2. The van der Waals surface area contributed by atoms with E-state index in [0.717, 1.165) is 21.9 Å². The van der Waals surface area contributed by atoms with Crippen molar-refractivity contribution in [2.45, 2.75) is 11.8 Å². The summed E-state index contributed by atoms with van der Waals surface area (Å²) in [5, 5.41) is 0.0576. The molecule has 1 aliphatic carbocycles. The smallest absolute Gasteiger partial charge is 0.190 e. The zero-order chi connectivity index (χ0) is 20.6. The zero-order valence-electron chi connectivity index (χ0n) is 16.4. The number of rotatable bonds is 3. The molecule has 2 aromatic carbocycles. The topological polar surface area (TPSA) is 35.5 Å². The molecule has 4 heteroatoms. The Kier molecular flexibility index (Phi) is 7.28. The van der Waals surface area contributed by atoms with Crippen LogP contribution in [0.4, 0.5) is 0 Å². The third-order valence-corrected chi connectivity index (χ3v) is 4.78. The third-order valence-electron chi connectivity index (χ3n) is 3.98. The first-order chi connectivity index (χ1) is 14.1. The summed E-state index contributed by atoms with van der Waals surface area (Å²) in [6.45, 7) is 1.55. The van der Waals surface area contributed by atoms with Gasteiger partial charge in [-0.25, -0.2) is 0 Å². The predicted molar refractivity (Wildman–Crippen MR) is 116 cm³/mol. The van der Waals surface area contributed by atoms with Gasteiger partial charge in [0.1, 0.15) is 11.5 Å². The molecule has 0 atom stereocenters. The first-order valence-corrected chi connectivity index (χ1v) is 9.71. The molecule has 1 fully saturated rings. The van der Waals surface area contributed by atoms with Crippen LogP contribution in [0.2, 0.25) is 0 Å². The minimum Gasteiger partial charge on any atom is -0.495 e. The lowest BCUT2D eigenvalue weighted by molar-refractivity contribution is -0.109. The zero-order valence-corrected chi connectivity index (χ0v) is 17.2. The molecule has 0 aliphatic heterocycles. The van der Waals surface area contributed by atoms with Gasteiger partial charge in [-0.05, 0) is 49.9 Å². The van der Waals surface area contributed by atoms with Gasteiger partial charge in [-0.2, -0.15) is 0 Å². The quantitative estimate of drug-likeness (QED) is 0.562. The SMILES string of the molecule is COc1cc(C#Cc2ccc(SC(C)=O)cc2)c(OC)cc1C#C[C]1[CH][CH][CH][CH]1. The minimum absolute atomic E-state index is 0.0576. The summed E-state index contributed by atoms with van der Waals surface area (Å²) < 4.78 is 11.0. The van der Waals surface area contributed by atoms with Gasteiger partial charge in [-0.1, -0.05) is 35.4 Å². The lowest BCUT2D eigenvalue weighted by Gasteiger charge is -2.09. The van der Waals surface area contributed by atoms with Crippen LogP contribution < -0.4 is 9.47 Å². The van der Waals surface area contributed by atoms with Crippen molar-refractivity contribution in [1.29, 1.82) is 0 Å². The fourth-order valence-electron chi connectivity index (χ4n) is 2.60. The van der Waals surface area contributed by atoms with Gasteiger partial charge < -0.3 is 9.47 Å². The Morgan fingerprint density at radius 1 is 0.828 bits per heavy atom. The van der Waals surface area contributed by atoms with Gasteiger partial charge in [0.25, 0.3) is 0 Å². The van der Waals surface area contributed by atoms with E-state index in [1.807, 2.05) is 62.1 Å². The molecule has 0 bridgehead atoms. The van der Waals surface area contributed by atoms with Crippen LogP contribution in [0.3, 0.4) is 0 Å². The summed E-state index contributed by atoms with van der Waals surface area (Å²) in [6.07, 6.45) is 7.81. The van der Waals surface area contributed by atoms with Crippen LogP contribution >= 0.6 is 11.8 Å². The number of carbonyl (C=O) groups is 1. The summed E-state index contributed by atoms with van der Waals surface area (Å²) in [7, 11) is 3.22. The number of methoxy groups -OCH3 is 2. The Morgan fingerprint density at radius 2 is 1.38 bits per heavy atom. The molecule has 3 rings (SSSR count). The molecule has 2 aromatic rings. The van der Waals surface area contributed by atoms with Crippen LogP contribution in [-0.4, -0.2) is 19.3 Å². The Bertz CT molecular complexity index is 995. The van der Waals surface area contributed by atoms with Crippen LogP contribution in [0.15, 0.2) is 41.3 Å². The van der Waals surface area contributed by atoms with Crippen molar-refractivity contribution in [2.75, 3.05) is 14.2 Å². The van der Waals surface area contributed by atoms with Gasteiger partial charge in [0.05, 0.1) is 31.3 Å². The Balaban J connectivity index is 1.86. The summed E-state index contributed by atoms with van der Waals surface area (Å²) in [5.41, 5.74) is 2.30. The van der Waals surface area contributed by atoms with E-state index >= 15 is 0 Å². The number of hydrogen-bond acceptors (Lipinski definition) is 4. The molecule has 0 amide bonds. The molecule has 0 unspecified atom stereocenters. The molecule has 0 spiro atoms. The first kappa shape index (κ1) is 20.9. The predicted octanol–water partition coefficient (Wildman–Crippen LogP) is 4.50. The number of ether oxygens (including phenoxy) is 2. The van der Waals surface area contributed by atoms with Gasteiger partial charge in [-0.15, -0.1) is 0 Å². The van der Waals surface area contributed by atoms with Gasteiger partial charge in [-0.3, -0.25) is 4.79 Å². The molecular weight excluding hydrogens is 380 g/mol. The molecule has 0 saturated heterocycles. The van der Waals surface area contributed by atoms with Crippen LogP contribution in [0.25, 0.3) is 0 Å². The van der Waals surface area contributed by atoms with E-state index in [-0.39, 0.29) is 5.12 Å². The Hall–Kier alpha value is -2.82. The largest absolute Gasteiger partial charge is 0.495 e. The van der Waals surface area contributed by atoms with Crippen molar-refractivity contribution in [3.63, 3.8) is 0 Å². The summed E-state index contributed by atoms with van der Waals surface area (Å²) in [5.74, 6) is 14.7. The fraction of sp³-hybridized carbons (Fsp3) is 0.120. The van der Waals surface area contributed by atoms with Crippen molar-refractivity contribution in [3.05, 3.63) is 84.7 Å². The van der Waals surface area contributed by atoms with Crippen LogP contribution in [0.5, 0.6) is 11.5 Å². The second kappa shape index (κ2) is 10.1. The van der Waals surface area contributed by atoms with Crippen LogP contribution in [-0.2, 0) is 4.79 Å². The number of hydrogen-bond donors (Lipinski definition) is 0. The van der Waals surface area contributed by atoms with Gasteiger partial charge in [0.2, 0.25) is 0 Å². The van der Waals surface area contributed by atoms with Crippen molar-refractivity contribution in [3.8, 4) is 35.2 Å². The minimum atomic E-state index is 0.0576. The van der Waals surface area contributed by atoms with E-state index in [4.69, 9.17) is 9.47 Å². The van der Waals surface area contributed by atoms with Crippen molar-refractivity contribution < 1.29 is 14.3 Å². The summed E-state index contributed by atoms with van der Waals surface area (Å²) in [6, 6.07) is 11.2. The van der Waals surface area contributed by atoms with Gasteiger partial charge in [0.15, 0.2) is 5.12 Å². The molecule has 1 aliphatic rings. The molecule has 1 saturated carbocycles. The number of benzene rings is 2. The molecule has 5 radical (unpaired) electrons. The van der Waals surface area contributed by atoms with Gasteiger partial charge >= 0.3 is 0 Å². The van der Waals surface area contributed by atoms with E-state index in [1.54, 1.807) is 21.1 Å². The molecule has 0 aromatic heterocycles. The Labute approximate surface area is 177 Å². The van der Waals surface area contributed by atoms with E-state index < -0.39 is 0 Å². The molecular formula is C25H19O3S. The molecule has 0 N–H and O–H groups in total. The second-order valence-electron chi connectivity index (χ2n) is 6.04. The third kappa shape index (κ3) is 5.83.